The van der Waals surface area contributed by atoms with Crippen molar-refractivity contribution in [1.82, 2.24) is 14.9 Å². The molecule has 0 atom stereocenters. The van der Waals surface area contributed by atoms with E-state index in [-0.39, 0.29) is 16.5 Å². The SMILES string of the molecule is COc1ccc(S(=O)(=O)NCc2noc(C3CC3)n2)cc1Cl. The van der Waals surface area contributed by atoms with Crippen LogP contribution in [0.4, 0.5) is 0 Å². The van der Waals surface area contributed by atoms with Crippen LogP contribution in [-0.2, 0) is 16.6 Å². The van der Waals surface area contributed by atoms with Crippen molar-refractivity contribution in [3.05, 3.63) is 34.9 Å². The van der Waals surface area contributed by atoms with Crippen LogP contribution in [0.2, 0.25) is 5.02 Å². The third-order valence-electron chi connectivity index (χ3n) is 3.26. The molecule has 0 amide bonds. The summed E-state index contributed by atoms with van der Waals surface area (Å²) in [5, 5.41) is 3.98. The first kappa shape index (κ1) is 15.3. The first-order chi connectivity index (χ1) is 10.5. The average Bonchev–Trinajstić information content (AvgIpc) is 3.24. The van der Waals surface area contributed by atoms with Gasteiger partial charge in [-0.2, -0.15) is 4.98 Å². The third kappa shape index (κ3) is 3.23. The lowest BCUT2D eigenvalue weighted by Crippen LogP contribution is -2.23. The summed E-state index contributed by atoms with van der Waals surface area (Å²) in [5.74, 6) is 1.62. The highest BCUT2D eigenvalue weighted by molar-refractivity contribution is 7.89. The second kappa shape index (κ2) is 5.86. The molecule has 0 saturated heterocycles. The van der Waals surface area contributed by atoms with Crippen molar-refractivity contribution >= 4 is 21.6 Å². The Morgan fingerprint density at radius 2 is 2.23 bits per heavy atom. The molecule has 118 valence electrons. The number of sulfonamides is 1. The Kier molecular flexibility index (Phi) is 4.07. The molecule has 22 heavy (non-hydrogen) atoms. The Hall–Kier alpha value is -1.64. The highest BCUT2D eigenvalue weighted by atomic mass is 35.5. The molecule has 0 bridgehead atoms. The van der Waals surface area contributed by atoms with Crippen LogP contribution in [0.1, 0.15) is 30.5 Å². The lowest BCUT2D eigenvalue weighted by atomic mass is 10.3. The topological polar surface area (TPSA) is 94.3 Å². The maximum atomic E-state index is 12.2. The van der Waals surface area contributed by atoms with Gasteiger partial charge in [0.2, 0.25) is 15.9 Å². The average molecular weight is 344 g/mol. The molecular weight excluding hydrogens is 330 g/mol. The number of hydrogen-bond donors (Lipinski definition) is 1. The van der Waals surface area contributed by atoms with E-state index >= 15 is 0 Å². The summed E-state index contributed by atoms with van der Waals surface area (Å²) in [6, 6.07) is 4.24. The summed E-state index contributed by atoms with van der Waals surface area (Å²) in [5.41, 5.74) is 0. The molecule has 0 radical (unpaired) electrons. The second-order valence-electron chi connectivity index (χ2n) is 4.94. The van der Waals surface area contributed by atoms with Gasteiger partial charge in [0.25, 0.3) is 0 Å². The molecule has 1 aromatic carbocycles. The van der Waals surface area contributed by atoms with Crippen LogP contribution in [0.5, 0.6) is 5.75 Å². The van der Waals surface area contributed by atoms with Gasteiger partial charge in [-0.1, -0.05) is 16.8 Å². The number of nitrogens with one attached hydrogen (secondary N) is 1. The standard InChI is InChI=1S/C13H14ClN3O4S/c1-20-11-5-4-9(6-10(11)14)22(18,19)15-7-12-16-13(21-17-12)8-2-3-8/h4-6,8,15H,2-3,7H2,1H3. The van der Waals surface area contributed by atoms with E-state index in [1.165, 1.54) is 25.3 Å². The monoisotopic (exact) mass is 343 g/mol. The smallest absolute Gasteiger partial charge is 0.241 e. The van der Waals surface area contributed by atoms with Crippen molar-refractivity contribution < 1.29 is 17.7 Å². The zero-order valence-corrected chi connectivity index (χ0v) is 13.3. The molecule has 7 nitrogen and oxygen atoms in total. The van der Waals surface area contributed by atoms with E-state index < -0.39 is 10.0 Å². The van der Waals surface area contributed by atoms with Crippen molar-refractivity contribution in [2.24, 2.45) is 0 Å². The number of ether oxygens (including phenoxy) is 1. The van der Waals surface area contributed by atoms with Gasteiger partial charge in [0, 0.05) is 5.92 Å². The number of benzene rings is 1. The summed E-state index contributed by atoms with van der Waals surface area (Å²) in [7, 11) is -2.25. The molecule has 1 aromatic heterocycles. The van der Waals surface area contributed by atoms with E-state index in [4.69, 9.17) is 20.9 Å². The van der Waals surface area contributed by atoms with Gasteiger partial charge in [-0.25, -0.2) is 13.1 Å². The number of hydrogen-bond acceptors (Lipinski definition) is 6. The van der Waals surface area contributed by atoms with Crippen LogP contribution in [-0.4, -0.2) is 25.7 Å². The van der Waals surface area contributed by atoms with Gasteiger partial charge in [-0.05, 0) is 31.0 Å². The maximum absolute atomic E-state index is 12.2. The summed E-state index contributed by atoms with van der Waals surface area (Å²) in [4.78, 5) is 4.21. The molecule has 0 unspecified atom stereocenters. The minimum Gasteiger partial charge on any atom is -0.495 e. The van der Waals surface area contributed by atoms with E-state index in [9.17, 15) is 8.42 Å². The van der Waals surface area contributed by atoms with Crippen molar-refractivity contribution in [3.63, 3.8) is 0 Å². The van der Waals surface area contributed by atoms with Crippen LogP contribution >= 0.6 is 11.6 Å². The Balaban J connectivity index is 1.70. The summed E-state index contributed by atoms with van der Waals surface area (Å²) in [6.07, 6.45) is 2.08. The molecule has 1 aliphatic rings. The van der Waals surface area contributed by atoms with E-state index in [0.717, 1.165) is 12.8 Å². The van der Waals surface area contributed by atoms with Crippen LogP contribution in [0.3, 0.4) is 0 Å². The minimum absolute atomic E-state index is 0.0395. The lowest BCUT2D eigenvalue weighted by molar-refractivity contribution is 0.373. The van der Waals surface area contributed by atoms with Gasteiger partial charge in [0.15, 0.2) is 5.82 Å². The van der Waals surface area contributed by atoms with Gasteiger partial charge in [0.05, 0.1) is 23.6 Å². The predicted octanol–water partition coefficient (Wildman–Crippen LogP) is 2.09. The normalized spacial score (nSPS) is 15.0. The van der Waals surface area contributed by atoms with E-state index in [1.54, 1.807) is 0 Å². The third-order valence-corrected chi connectivity index (χ3v) is 4.96. The van der Waals surface area contributed by atoms with E-state index in [0.29, 0.717) is 23.4 Å². The Labute approximate surface area is 132 Å². The molecule has 1 saturated carbocycles. The molecule has 1 aliphatic carbocycles. The minimum atomic E-state index is -3.71. The van der Waals surface area contributed by atoms with Crippen LogP contribution in [0, 0.1) is 0 Å². The van der Waals surface area contributed by atoms with Gasteiger partial charge < -0.3 is 9.26 Å². The van der Waals surface area contributed by atoms with Crippen molar-refractivity contribution in [2.75, 3.05) is 7.11 Å². The molecular formula is C13H14ClN3O4S. The van der Waals surface area contributed by atoms with Crippen LogP contribution in [0.25, 0.3) is 0 Å². The number of nitrogens with zero attached hydrogens (tertiary/aromatic N) is 2. The molecule has 2 aromatic rings. The van der Waals surface area contributed by atoms with Gasteiger partial charge >= 0.3 is 0 Å². The van der Waals surface area contributed by atoms with Crippen molar-refractivity contribution in [1.29, 1.82) is 0 Å². The molecule has 1 heterocycles. The Bertz CT molecular complexity index is 786. The van der Waals surface area contributed by atoms with Gasteiger partial charge in [0.1, 0.15) is 5.75 Å². The molecule has 0 aliphatic heterocycles. The zero-order chi connectivity index (χ0) is 15.7. The molecule has 0 spiro atoms. The van der Waals surface area contributed by atoms with E-state index in [1.807, 2.05) is 0 Å². The fraction of sp³-hybridized carbons (Fsp3) is 0.385. The van der Waals surface area contributed by atoms with E-state index in [2.05, 4.69) is 14.9 Å². The molecule has 3 rings (SSSR count). The van der Waals surface area contributed by atoms with Gasteiger partial charge in [-0.3, -0.25) is 0 Å². The first-order valence-electron chi connectivity index (χ1n) is 6.65. The van der Waals surface area contributed by atoms with Crippen molar-refractivity contribution in [2.45, 2.75) is 30.2 Å². The molecule has 1 fully saturated rings. The molecule has 1 N–H and O–H groups in total. The summed E-state index contributed by atoms with van der Waals surface area (Å²) >= 11 is 5.94. The number of halogens is 1. The highest BCUT2D eigenvalue weighted by Crippen LogP contribution is 2.38. The van der Waals surface area contributed by atoms with Crippen LogP contribution in [0.15, 0.2) is 27.6 Å². The maximum Gasteiger partial charge on any atom is 0.241 e. The Morgan fingerprint density at radius 3 is 2.86 bits per heavy atom. The molecule has 9 heteroatoms. The highest BCUT2D eigenvalue weighted by Gasteiger charge is 2.29. The summed E-state index contributed by atoms with van der Waals surface area (Å²) in [6.45, 7) is -0.0395. The number of rotatable bonds is 6. The van der Waals surface area contributed by atoms with Crippen LogP contribution < -0.4 is 9.46 Å². The number of aromatic nitrogens is 2. The zero-order valence-electron chi connectivity index (χ0n) is 11.7. The second-order valence-corrected chi connectivity index (χ2v) is 7.12. The fourth-order valence-electron chi connectivity index (χ4n) is 1.89. The Morgan fingerprint density at radius 1 is 1.45 bits per heavy atom. The fourth-order valence-corrected chi connectivity index (χ4v) is 3.22. The largest absolute Gasteiger partial charge is 0.495 e. The first-order valence-corrected chi connectivity index (χ1v) is 8.51. The van der Waals surface area contributed by atoms with Crippen molar-refractivity contribution in [3.8, 4) is 5.75 Å². The predicted molar refractivity (Wildman–Crippen MR) is 78.3 cm³/mol. The lowest BCUT2D eigenvalue weighted by Gasteiger charge is -2.07. The van der Waals surface area contributed by atoms with Gasteiger partial charge in [-0.15, -0.1) is 0 Å². The quantitative estimate of drug-likeness (QED) is 0.863. The summed E-state index contributed by atoms with van der Waals surface area (Å²) < 4.78 is 36.9. The number of methoxy groups -OCH3 is 1.